The summed E-state index contributed by atoms with van der Waals surface area (Å²) in [5.74, 6) is -0.136. The third-order valence-electron chi connectivity index (χ3n) is 5.11. The standard InChI is InChI=1S/C25H38ClN7O6.ClH/c1-35-10-11-36-12-13-37-14-15-38-16-17-39-19-7-5-18(6-8-19)4-2-3-9-30-25(29)33-24(34)20-22(27)32-23(28)21(26)31-20;/h5-8H,2-4,9-17H2,1H3,(H4,27,28,32)(H3,29,30,33,34);1H. The number of anilines is 2. The summed E-state index contributed by atoms with van der Waals surface area (Å²) in [6.45, 7) is 4.63. The Labute approximate surface area is 245 Å². The van der Waals surface area contributed by atoms with Gasteiger partial charge in [-0.15, -0.1) is 12.4 Å². The highest BCUT2D eigenvalue weighted by molar-refractivity contribution is 6.31. The molecule has 0 bridgehead atoms. The molecule has 40 heavy (non-hydrogen) atoms. The average molecular weight is 605 g/mol. The summed E-state index contributed by atoms with van der Waals surface area (Å²) in [6, 6.07) is 7.93. The summed E-state index contributed by atoms with van der Waals surface area (Å²) in [5.41, 5.74) is 18.0. The van der Waals surface area contributed by atoms with Crippen LogP contribution in [0.1, 0.15) is 28.9 Å². The van der Waals surface area contributed by atoms with E-state index in [4.69, 9.17) is 52.5 Å². The number of aliphatic imine (C=N–C) groups is 1. The van der Waals surface area contributed by atoms with Crippen LogP contribution in [0.25, 0.3) is 0 Å². The number of halogens is 2. The molecule has 2 aromatic rings. The van der Waals surface area contributed by atoms with E-state index < -0.39 is 5.91 Å². The number of carbonyl (C=O) groups is 1. The van der Waals surface area contributed by atoms with Gasteiger partial charge in [0.1, 0.15) is 12.4 Å². The van der Waals surface area contributed by atoms with Crippen molar-refractivity contribution in [3.63, 3.8) is 0 Å². The molecule has 1 aromatic carbocycles. The van der Waals surface area contributed by atoms with Crippen molar-refractivity contribution in [1.29, 1.82) is 0 Å². The molecule has 0 radical (unpaired) electrons. The Morgan fingerprint density at radius 2 is 1.50 bits per heavy atom. The second kappa shape index (κ2) is 20.9. The van der Waals surface area contributed by atoms with Crippen molar-refractivity contribution >= 4 is 47.5 Å². The van der Waals surface area contributed by atoms with Crippen LogP contribution in [0.5, 0.6) is 5.75 Å². The van der Waals surface area contributed by atoms with Gasteiger partial charge in [-0.3, -0.25) is 15.1 Å². The van der Waals surface area contributed by atoms with Crippen molar-refractivity contribution in [2.75, 3.05) is 78.0 Å². The lowest BCUT2D eigenvalue weighted by Crippen LogP contribution is -2.38. The number of nitrogen functional groups attached to an aromatic ring is 2. The Bertz CT molecular complexity index is 1030. The molecule has 1 heterocycles. The van der Waals surface area contributed by atoms with Crippen LogP contribution >= 0.6 is 24.0 Å². The molecule has 0 spiro atoms. The van der Waals surface area contributed by atoms with Crippen molar-refractivity contribution < 1.29 is 28.5 Å². The smallest absolute Gasteiger partial charge is 0.280 e. The van der Waals surface area contributed by atoms with Gasteiger partial charge < -0.3 is 40.9 Å². The summed E-state index contributed by atoms with van der Waals surface area (Å²) in [6.07, 6.45) is 2.55. The van der Waals surface area contributed by atoms with Crippen molar-refractivity contribution in [2.45, 2.75) is 19.3 Å². The van der Waals surface area contributed by atoms with Crippen LogP contribution in [-0.2, 0) is 25.4 Å². The summed E-state index contributed by atoms with van der Waals surface area (Å²) in [4.78, 5) is 24.0. The Morgan fingerprint density at radius 1 is 0.900 bits per heavy atom. The molecule has 0 aliphatic carbocycles. The van der Waals surface area contributed by atoms with E-state index in [1.165, 1.54) is 5.56 Å². The molecule has 0 atom stereocenters. The van der Waals surface area contributed by atoms with Gasteiger partial charge in [0.25, 0.3) is 5.91 Å². The fourth-order valence-electron chi connectivity index (χ4n) is 3.12. The van der Waals surface area contributed by atoms with Gasteiger partial charge in [0.2, 0.25) is 0 Å². The molecule has 0 aliphatic rings. The lowest BCUT2D eigenvalue weighted by atomic mass is 10.1. The lowest BCUT2D eigenvalue weighted by Gasteiger charge is -2.09. The number of nitrogens with one attached hydrogen (secondary N) is 1. The Hall–Kier alpha value is -2.94. The quantitative estimate of drug-likeness (QED) is 0.104. The SMILES string of the molecule is COCCOCCOCCOCCOc1ccc(CCCCN=C(N)NC(=O)c2nc(Cl)c(N)nc2N)cc1.Cl. The Morgan fingerprint density at radius 3 is 2.12 bits per heavy atom. The first-order valence-corrected chi connectivity index (χ1v) is 12.9. The van der Waals surface area contributed by atoms with Crippen molar-refractivity contribution in [3.8, 4) is 5.75 Å². The van der Waals surface area contributed by atoms with E-state index in [1.54, 1.807) is 7.11 Å². The van der Waals surface area contributed by atoms with Crippen molar-refractivity contribution in [3.05, 3.63) is 40.7 Å². The highest BCUT2D eigenvalue weighted by Crippen LogP contribution is 2.17. The largest absolute Gasteiger partial charge is 0.491 e. The molecule has 0 aliphatic heterocycles. The van der Waals surface area contributed by atoms with Gasteiger partial charge in [-0.05, 0) is 37.0 Å². The van der Waals surface area contributed by atoms with E-state index in [9.17, 15) is 4.79 Å². The average Bonchev–Trinajstić information content (AvgIpc) is 2.91. The molecule has 224 valence electrons. The molecule has 0 saturated carbocycles. The van der Waals surface area contributed by atoms with Gasteiger partial charge in [-0.25, -0.2) is 9.97 Å². The molecule has 2 rings (SSSR count). The highest BCUT2D eigenvalue weighted by atomic mass is 35.5. The maximum Gasteiger partial charge on any atom is 0.280 e. The van der Waals surface area contributed by atoms with Crippen LogP contribution < -0.4 is 27.3 Å². The van der Waals surface area contributed by atoms with Gasteiger partial charge in [-0.2, -0.15) is 0 Å². The number of unbranched alkanes of at least 4 members (excludes halogenated alkanes) is 1. The summed E-state index contributed by atoms with van der Waals surface area (Å²) >= 11 is 5.79. The van der Waals surface area contributed by atoms with Crippen LogP contribution in [0.4, 0.5) is 11.6 Å². The number of guanidine groups is 1. The zero-order chi connectivity index (χ0) is 28.3. The number of methoxy groups -OCH3 is 1. The Balaban J connectivity index is 0.00000800. The van der Waals surface area contributed by atoms with E-state index in [1.807, 2.05) is 24.3 Å². The summed E-state index contributed by atoms with van der Waals surface area (Å²) in [5, 5.41) is 2.29. The minimum absolute atomic E-state index is 0. The van der Waals surface area contributed by atoms with Gasteiger partial charge in [0, 0.05) is 13.7 Å². The fourth-order valence-corrected chi connectivity index (χ4v) is 3.25. The molecular weight excluding hydrogens is 565 g/mol. The number of nitrogens with two attached hydrogens (primary N) is 3. The monoisotopic (exact) mass is 603 g/mol. The minimum atomic E-state index is -0.665. The third kappa shape index (κ3) is 14.4. The number of hydrogen-bond donors (Lipinski definition) is 4. The van der Waals surface area contributed by atoms with E-state index in [0.29, 0.717) is 59.4 Å². The molecule has 15 heteroatoms. The van der Waals surface area contributed by atoms with Crippen molar-refractivity contribution in [2.24, 2.45) is 10.7 Å². The number of benzene rings is 1. The minimum Gasteiger partial charge on any atom is -0.491 e. The van der Waals surface area contributed by atoms with E-state index in [-0.39, 0.29) is 40.8 Å². The van der Waals surface area contributed by atoms with E-state index in [0.717, 1.165) is 25.0 Å². The second-order valence-electron chi connectivity index (χ2n) is 8.13. The number of ether oxygens (including phenoxy) is 5. The molecule has 0 saturated heterocycles. The summed E-state index contributed by atoms with van der Waals surface area (Å²) in [7, 11) is 1.64. The zero-order valence-electron chi connectivity index (χ0n) is 22.6. The molecule has 7 N–H and O–H groups in total. The number of aromatic nitrogens is 2. The van der Waals surface area contributed by atoms with Gasteiger partial charge in [-0.1, -0.05) is 23.7 Å². The first-order valence-electron chi connectivity index (χ1n) is 12.5. The molecule has 13 nitrogen and oxygen atoms in total. The molecule has 0 unspecified atom stereocenters. The number of aryl methyl sites for hydroxylation is 1. The molecule has 1 aromatic heterocycles. The topological polar surface area (TPSA) is 191 Å². The van der Waals surface area contributed by atoms with Crippen molar-refractivity contribution in [1.82, 2.24) is 15.3 Å². The Kier molecular flexibility index (Phi) is 18.3. The number of nitrogens with zero attached hydrogens (tertiary/aromatic N) is 3. The number of amides is 1. The highest BCUT2D eigenvalue weighted by Gasteiger charge is 2.16. The number of rotatable bonds is 19. The maximum absolute atomic E-state index is 12.2. The van der Waals surface area contributed by atoms with Crippen LogP contribution in [0.2, 0.25) is 5.15 Å². The van der Waals surface area contributed by atoms with Crippen LogP contribution in [0.3, 0.4) is 0 Å². The van der Waals surface area contributed by atoms with E-state index >= 15 is 0 Å². The van der Waals surface area contributed by atoms with Gasteiger partial charge >= 0.3 is 0 Å². The van der Waals surface area contributed by atoms with Gasteiger partial charge in [0.05, 0.1) is 46.2 Å². The maximum atomic E-state index is 12.2. The number of carbonyl (C=O) groups excluding carboxylic acids is 1. The third-order valence-corrected chi connectivity index (χ3v) is 5.39. The van der Waals surface area contributed by atoms with Gasteiger partial charge in [0.15, 0.2) is 28.4 Å². The molecule has 1 amide bonds. The molecule has 0 fully saturated rings. The normalized spacial score (nSPS) is 11.2. The predicted molar refractivity (Wildman–Crippen MR) is 156 cm³/mol. The summed E-state index contributed by atoms with van der Waals surface area (Å²) < 4.78 is 26.8. The lowest BCUT2D eigenvalue weighted by molar-refractivity contribution is 0.000163. The number of hydrogen-bond acceptors (Lipinski definition) is 11. The first-order chi connectivity index (χ1) is 18.9. The fraction of sp³-hybridized carbons (Fsp3) is 0.520. The van der Waals surface area contributed by atoms with Crippen LogP contribution in [0, 0.1) is 0 Å². The first kappa shape index (κ1) is 35.1. The van der Waals surface area contributed by atoms with Crippen LogP contribution in [-0.4, -0.2) is 88.3 Å². The van der Waals surface area contributed by atoms with Crippen LogP contribution in [0.15, 0.2) is 29.3 Å². The predicted octanol–water partition coefficient (Wildman–Crippen LogP) is 1.86. The zero-order valence-corrected chi connectivity index (χ0v) is 24.2. The van der Waals surface area contributed by atoms with E-state index in [2.05, 4.69) is 20.3 Å². The molecular formula is C25H39Cl2N7O6. The second-order valence-corrected chi connectivity index (χ2v) is 8.49.